The topological polar surface area (TPSA) is 120 Å². The molecule has 4 N–H and O–H groups in total. The molecule has 0 radical (unpaired) electrons. The predicted molar refractivity (Wildman–Crippen MR) is 172 cm³/mol. The Morgan fingerprint density at radius 2 is 1.88 bits per heavy atom. The Morgan fingerprint density at radius 1 is 1.17 bits per heavy atom. The van der Waals surface area contributed by atoms with Crippen molar-refractivity contribution in [2.45, 2.75) is 85.2 Å². The molecule has 0 aliphatic rings. The summed E-state index contributed by atoms with van der Waals surface area (Å²) in [6.07, 6.45) is 13.6. The second kappa shape index (κ2) is 21.4. The summed E-state index contributed by atoms with van der Waals surface area (Å²) in [5, 5.41) is 29.1. The number of aryl methyl sites for hydroxylation is 1. The van der Waals surface area contributed by atoms with E-state index in [1.165, 1.54) is 5.56 Å². The Morgan fingerprint density at radius 3 is 2.50 bits per heavy atom. The zero-order valence-electron chi connectivity index (χ0n) is 26.0. The summed E-state index contributed by atoms with van der Waals surface area (Å²) >= 11 is 0. The van der Waals surface area contributed by atoms with Crippen LogP contribution in [0.2, 0.25) is 0 Å². The van der Waals surface area contributed by atoms with Crippen molar-refractivity contribution in [3.8, 4) is 5.75 Å². The van der Waals surface area contributed by atoms with Gasteiger partial charge in [-0.15, -0.1) is 0 Å². The number of ketones is 1. The number of benzene rings is 1. The second-order valence-electron chi connectivity index (χ2n) is 10.9. The molecule has 0 aliphatic heterocycles. The number of rotatable bonds is 22. The molecule has 0 saturated heterocycles. The molecule has 0 fully saturated rings. The fourth-order valence-corrected chi connectivity index (χ4v) is 4.25. The van der Waals surface area contributed by atoms with E-state index in [4.69, 9.17) is 15.3 Å². The van der Waals surface area contributed by atoms with Crippen LogP contribution < -0.4 is 10.1 Å². The molecule has 3 atom stereocenters. The van der Waals surface area contributed by atoms with E-state index >= 15 is 0 Å². The Kier molecular flexibility index (Phi) is 18.7. The predicted octanol–water partition coefficient (Wildman–Crippen LogP) is 6.30. The molecule has 7 nitrogen and oxygen atoms in total. The molecule has 1 aromatic carbocycles. The minimum absolute atomic E-state index is 0.114. The maximum atomic E-state index is 12.7. The van der Waals surface area contributed by atoms with E-state index in [1.54, 1.807) is 6.08 Å². The molecule has 0 aliphatic carbocycles. The van der Waals surface area contributed by atoms with Crippen LogP contribution in [-0.4, -0.2) is 54.0 Å². The number of allylic oxidation sites excluding steroid dienone is 4. The number of unbranched alkanes of at least 4 members (excludes halogenated alkanes) is 1. The molecule has 42 heavy (non-hydrogen) atoms. The Bertz CT molecular complexity index is 1070. The van der Waals surface area contributed by atoms with Crippen LogP contribution in [0.1, 0.15) is 78.2 Å². The van der Waals surface area contributed by atoms with Crippen LogP contribution in [0.4, 0.5) is 0 Å². The minimum atomic E-state index is -0.745. The van der Waals surface area contributed by atoms with Crippen LogP contribution in [0.5, 0.6) is 5.75 Å². The lowest BCUT2D eigenvalue weighted by molar-refractivity contribution is -0.122. The highest BCUT2D eigenvalue weighted by Gasteiger charge is 2.15. The molecule has 1 rings (SSSR count). The number of amides is 1. The first-order chi connectivity index (χ1) is 20.1. The Labute approximate surface area is 253 Å². The number of ether oxygens (including phenoxy) is 1. The average molecular weight is 581 g/mol. The third kappa shape index (κ3) is 15.6. The Hall–Kier alpha value is -3.29. The summed E-state index contributed by atoms with van der Waals surface area (Å²) < 4.78 is 6.01. The number of carbonyl (C=O) groups excluding carboxylic acids is 2. The van der Waals surface area contributed by atoms with Crippen LogP contribution in [0.15, 0.2) is 71.9 Å². The van der Waals surface area contributed by atoms with E-state index in [1.807, 2.05) is 38.1 Å². The normalized spacial score (nSPS) is 14.3. The number of Topliss-reactive ketones (excluding diaryl/α,β-unsaturated/α-hetero) is 1. The van der Waals surface area contributed by atoms with Crippen LogP contribution in [-0.2, 0) is 16.0 Å². The molecule has 7 heteroatoms. The quantitative estimate of drug-likeness (QED) is 0.0729. The molecular formula is C35H52N2O5. The van der Waals surface area contributed by atoms with Gasteiger partial charge < -0.3 is 25.7 Å². The lowest BCUT2D eigenvalue weighted by Crippen LogP contribution is -2.31. The lowest BCUT2D eigenvalue weighted by Gasteiger charge is -2.14. The van der Waals surface area contributed by atoms with Gasteiger partial charge in [-0.25, -0.2) is 0 Å². The van der Waals surface area contributed by atoms with Crippen molar-refractivity contribution in [1.82, 2.24) is 5.32 Å². The monoisotopic (exact) mass is 580 g/mol. The van der Waals surface area contributed by atoms with E-state index in [2.05, 4.69) is 44.0 Å². The van der Waals surface area contributed by atoms with Gasteiger partial charge in [0.25, 0.3) is 0 Å². The highest BCUT2D eigenvalue weighted by atomic mass is 16.5. The van der Waals surface area contributed by atoms with Gasteiger partial charge in [0.2, 0.25) is 5.91 Å². The smallest absolute Gasteiger partial charge is 0.232 e. The minimum Gasteiger partial charge on any atom is -0.489 e. The first kappa shape index (κ1) is 36.7. The highest BCUT2D eigenvalue weighted by molar-refractivity contribution is 5.94. The van der Waals surface area contributed by atoms with Crippen LogP contribution >= 0.6 is 0 Å². The zero-order valence-corrected chi connectivity index (χ0v) is 26.0. The van der Waals surface area contributed by atoms with Gasteiger partial charge >= 0.3 is 0 Å². The summed E-state index contributed by atoms with van der Waals surface area (Å²) in [6, 6.07) is 8.08. The summed E-state index contributed by atoms with van der Waals surface area (Å²) in [4.78, 5) is 24.9. The third-order valence-electron chi connectivity index (χ3n) is 7.04. The molecule has 1 aromatic rings. The van der Waals surface area contributed by atoms with Crippen LogP contribution in [0, 0.1) is 17.2 Å². The molecule has 3 unspecified atom stereocenters. The first-order valence-electron chi connectivity index (χ1n) is 15.2. The van der Waals surface area contributed by atoms with Gasteiger partial charge in [0, 0.05) is 25.6 Å². The fourth-order valence-electron chi connectivity index (χ4n) is 4.25. The second-order valence-corrected chi connectivity index (χ2v) is 10.9. The maximum Gasteiger partial charge on any atom is 0.232 e. The summed E-state index contributed by atoms with van der Waals surface area (Å²) in [5.41, 5.74) is 3.75. The lowest BCUT2D eigenvalue weighted by atomic mass is 9.96. The number of aliphatic hydroxyl groups is 2. The van der Waals surface area contributed by atoms with Gasteiger partial charge in [-0.3, -0.25) is 9.59 Å². The van der Waals surface area contributed by atoms with Crippen molar-refractivity contribution < 1.29 is 24.5 Å². The highest BCUT2D eigenvalue weighted by Crippen LogP contribution is 2.18. The summed E-state index contributed by atoms with van der Waals surface area (Å²) in [5.74, 6) is 0.0363. The van der Waals surface area contributed by atoms with E-state index in [9.17, 15) is 14.7 Å². The summed E-state index contributed by atoms with van der Waals surface area (Å²) in [6.45, 7) is 12.7. The van der Waals surface area contributed by atoms with Gasteiger partial charge in [-0.05, 0) is 85.4 Å². The van der Waals surface area contributed by atoms with E-state index in [0.717, 1.165) is 47.9 Å². The first-order valence-corrected chi connectivity index (χ1v) is 15.2. The molecule has 232 valence electrons. The van der Waals surface area contributed by atoms with E-state index in [0.29, 0.717) is 45.3 Å². The average Bonchev–Trinajstić information content (AvgIpc) is 2.99. The molecule has 0 spiro atoms. The number of aliphatic hydroxyl groups excluding tert-OH is 2. The standard InChI is InChI=1S/C35H52N2O5/c1-6-8-9-11-30(25-42-34-17-14-29(7-2)15-18-34)21-27(4)28(5)22-31(23-36)35(41)37-19-10-12-32(39)16-13-26(3)20-33(40)24-38/h9,11,14-15,17-18,21-23,26,31,33,36,38,40H,4,6-8,10,12-13,16,19-20,24-25H2,1-3,5H3,(H,37,41)/b11-9-,28-22+,30-21+,36-23?. The summed E-state index contributed by atoms with van der Waals surface area (Å²) in [7, 11) is 0. The fraction of sp³-hybridized carbons (Fsp3) is 0.514. The molecule has 1 amide bonds. The van der Waals surface area contributed by atoms with Crippen molar-refractivity contribution in [3.05, 3.63) is 77.4 Å². The van der Waals surface area contributed by atoms with Crippen molar-refractivity contribution in [3.63, 3.8) is 0 Å². The van der Waals surface area contributed by atoms with Crippen LogP contribution in [0.25, 0.3) is 0 Å². The number of hydrogen-bond acceptors (Lipinski definition) is 6. The maximum absolute atomic E-state index is 12.7. The molecule has 0 heterocycles. The number of nitrogens with one attached hydrogen (secondary N) is 2. The van der Waals surface area contributed by atoms with Gasteiger partial charge in [-0.1, -0.05) is 64.1 Å². The number of hydrogen-bond donors (Lipinski definition) is 4. The van der Waals surface area contributed by atoms with Crippen molar-refractivity contribution in [2.75, 3.05) is 19.8 Å². The molecule has 0 bridgehead atoms. The number of carbonyl (C=O) groups is 2. The Balaban J connectivity index is 2.66. The van der Waals surface area contributed by atoms with Crippen molar-refractivity contribution in [1.29, 1.82) is 5.41 Å². The van der Waals surface area contributed by atoms with Gasteiger partial charge in [0.1, 0.15) is 18.1 Å². The SMILES string of the molecule is C=C(/C=C(\C=C/CCC)COc1ccc(CC)cc1)/C(C)=C/C(C=N)C(=O)NCCCC(=O)CCC(C)CC(O)CO. The largest absolute Gasteiger partial charge is 0.489 e. The van der Waals surface area contributed by atoms with Crippen molar-refractivity contribution >= 4 is 17.9 Å². The van der Waals surface area contributed by atoms with E-state index < -0.39 is 12.0 Å². The third-order valence-corrected chi connectivity index (χ3v) is 7.04. The van der Waals surface area contributed by atoms with Gasteiger partial charge in [0.05, 0.1) is 18.6 Å². The molecule has 0 saturated carbocycles. The van der Waals surface area contributed by atoms with E-state index in [-0.39, 0.29) is 24.2 Å². The van der Waals surface area contributed by atoms with Gasteiger partial charge in [0.15, 0.2) is 0 Å². The van der Waals surface area contributed by atoms with Crippen LogP contribution in [0.3, 0.4) is 0 Å². The van der Waals surface area contributed by atoms with Gasteiger partial charge in [-0.2, -0.15) is 0 Å². The zero-order chi connectivity index (χ0) is 31.3. The van der Waals surface area contributed by atoms with Crippen molar-refractivity contribution in [2.24, 2.45) is 11.8 Å². The molecule has 0 aromatic heterocycles. The molecular weight excluding hydrogens is 528 g/mol.